The van der Waals surface area contributed by atoms with Crippen molar-refractivity contribution in [2.24, 2.45) is 0 Å². The number of alkyl halides is 3. The van der Waals surface area contributed by atoms with Gasteiger partial charge in [-0.2, -0.15) is 22.8 Å². The van der Waals surface area contributed by atoms with E-state index < -0.39 is 18.4 Å². The Morgan fingerprint density at radius 2 is 2.14 bits per heavy atom. The summed E-state index contributed by atoms with van der Waals surface area (Å²) in [6, 6.07) is 3.42. The first-order chi connectivity index (χ1) is 9.95. The van der Waals surface area contributed by atoms with Crippen LogP contribution in [0.1, 0.15) is 5.01 Å². The highest BCUT2D eigenvalue weighted by Crippen LogP contribution is 2.23. The van der Waals surface area contributed by atoms with Gasteiger partial charge in [-0.05, 0) is 12.1 Å². The second-order valence-corrected chi connectivity index (χ2v) is 5.09. The monoisotopic (exact) mass is 313 g/mol. The molecular formula is C11H6F3N5OS. The summed E-state index contributed by atoms with van der Waals surface area (Å²) in [5, 5.41) is 11.7. The van der Waals surface area contributed by atoms with Crippen LogP contribution in [-0.2, 0) is 11.2 Å². The van der Waals surface area contributed by atoms with E-state index in [1.807, 2.05) is 0 Å². The van der Waals surface area contributed by atoms with Crippen LogP contribution in [0, 0.1) is 0 Å². The molecule has 0 aliphatic rings. The molecule has 0 fully saturated rings. The molecular weight excluding hydrogens is 307 g/mol. The smallest absolute Gasteiger partial charge is 0.289 e. The SMILES string of the molecule is O=C(Cc1nn2c(-c3cccnc3)nnc2s1)C(F)(F)F. The van der Waals surface area contributed by atoms with Crippen LogP contribution in [-0.4, -0.2) is 36.8 Å². The van der Waals surface area contributed by atoms with Crippen LogP contribution in [0.4, 0.5) is 13.2 Å². The molecule has 0 bridgehead atoms. The molecule has 0 amide bonds. The molecule has 6 nitrogen and oxygen atoms in total. The predicted molar refractivity (Wildman–Crippen MR) is 66.7 cm³/mol. The van der Waals surface area contributed by atoms with E-state index in [2.05, 4.69) is 20.3 Å². The van der Waals surface area contributed by atoms with Gasteiger partial charge >= 0.3 is 6.18 Å². The second-order valence-electron chi connectivity index (χ2n) is 4.05. The third-order valence-electron chi connectivity index (χ3n) is 2.58. The van der Waals surface area contributed by atoms with Crippen molar-refractivity contribution in [3.63, 3.8) is 0 Å². The Kier molecular flexibility index (Phi) is 3.16. The van der Waals surface area contributed by atoms with Crippen LogP contribution in [0.3, 0.4) is 0 Å². The number of rotatable bonds is 3. The van der Waals surface area contributed by atoms with E-state index in [4.69, 9.17) is 0 Å². The lowest BCUT2D eigenvalue weighted by atomic mass is 10.3. The molecule has 0 saturated carbocycles. The predicted octanol–water partition coefficient (Wildman–Crippen LogP) is 1.92. The lowest BCUT2D eigenvalue weighted by Crippen LogP contribution is -2.24. The van der Waals surface area contributed by atoms with E-state index in [9.17, 15) is 18.0 Å². The lowest BCUT2D eigenvalue weighted by Gasteiger charge is -2.01. The molecule has 108 valence electrons. The van der Waals surface area contributed by atoms with Crippen LogP contribution in [0.5, 0.6) is 0 Å². The Morgan fingerprint density at radius 3 is 2.81 bits per heavy atom. The highest BCUT2D eigenvalue weighted by molar-refractivity contribution is 7.16. The van der Waals surface area contributed by atoms with E-state index in [-0.39, 0.29) is 5.01 Å². The van der Waals surface area contributed by atoms with Gasteiger partial charge in [-0.1, -0.05) is 11.3 Å². The fraction of sp³-hybridized carbons (Fsp3) is 0.182. The van der Waals surface area contributed by atoms with E-state index in [1.165, 1.54) is 10.7 Å². The number of fused-ring (bicyclic) bond motifs is 1. The van der Waals surface area contributed by atoms with Gasteiger partial charge in [0, 0.05) is 18.0 Å². The summed E-state index contributed by atoms with van der Waals surface area (Å²) in [5.74, 6) is -1.48. The summed E-state index contributed by atoms with van der Waals surface area (Å²) >= 11 is 0.894. The number of carbonyl (C=O) groups excluding carboxylic acids is 1. The molecule has 3 rings (SSSR count). The van der Waals surface area contributed by atoms with Crippen molar-refractivity contribution in [1.82, 2.24) is 24.8 Å². The topological polar surface area (TPSA) is 73.0 Å². The van der Waals surface area contributed by atoms with Crippen LogP contribution >= 0.6 is 11.3 Å². The van der Waals surface area contributed by atoms with Crippen LogP contribution in [0.2, 0.25) is 0 Å². The molecule has 0 atom stereocenters. The summed E-state index contributed by atoms with van der Waals surface area (Å²) in [4.78, 5) is 15.2. The highest BCUT2D eigenvalue weighted by atomic mass is 32.1. The van der Waals surface area contributed by atoms with Gasteiger partial charge in [0.25, 0.3) is 0 Å². The van der Waals surface area contributed by atoms with Crippen molar-refractivity contribution in [3.8, 4) is 11.4 Å². The van der Waals surface area contributed by atoms with E-state index in [0.717, 1.165) is 11.3 Å². The number of hydrogen-bond donors (Lipinski definition) is 0. The van der Waals surface area contributed by atoms with Gasteiger partial charge in [-0.3, -0.25) is 9.78 Å². The maximum absolute atomic E-state index is 12.2. The van der Waals surface area contributed by atoms with Crippen molar-refractivity contribution < 1.29 is 18.0 Å². The zero-order valence-corrected chi connectivity index (χ0v) is 11.0. The van der Waals surface area contributed by atoms with Crippen molar-refractivity contribution in [1.29, 1.82) is 0 Å². The number of hydrogen-bond acceptors (Lipinski definition) is 6. The van der Waals surface area contributed by atoms with Crippen molar-refractivity contribution in [3.05, 3.63) is 29.5 Å². The Balaban J connectivity index is 1.95. The number of halogens is 3. The normalized spacial score (nSPS) is 12.0. The lowest BCUT2D eigenvalue weighted by molar-refractivity contribution is -0.170. The second kappa shape index (κ2) is 4.88. The number of carbonyl (C=O) groups is 1. The fourth-order valence-electron chi connectivity index (χ4n) is 1.64. The Hall–Kier alpha value is -2.36. The molecule has 0 aliphatic heterocycles. The molecule has 0 saturated heterocycles. The molecule has 0 N–H and O–H groups in total. The number of pyridine rings is 1. The number of aromatic nitrogens is 5. The molecule has 0 aromatic carbocycles. The summed E-state index contributed by atoms with van der Waals surface area (Å²) in [7, 11) is 0. The number of nitrogens with zero attached hydrogens (tertiary/aromatic N) is 5. The molecule has 0 spiro atoms. The Bertz CT molecular complexity index is 795. The van der Waals surface area contributed by atoms with E-state index in [0.29, 0.717) is 16.3 Å². The van der Waals surface area contributed by atoms with Gasteiger partial charge in [-0.15, -0.1) is 10.2 Å². The highest BCUT2D eigenvalue weighted by Gasteiger charge is 2.38. The minimum Gasteiger partial charge on any atom is -0.289 e. The number of Topliss-reactive ketones (excluding diaryl/α,β-unsaturated/α-hetero) is 1. The summed E-state index contributed by atoms with van der Waals surface area (Å²) in [6.07, 6.45) is -2.55. The van der Waals surface area contributed by atoms with Crippen LogP contribution < -0.4 is 0 Å². The summed E-state index contributed by atoms with van der Waals surface area (Å²) in [6.45, 7) is 0. The van der Waals surface area contributed by atoms with Gasteiger partial charge in [-0.25, -0.2) is 0 Å². The van der Waals surface area contributed by atoms with Gasteiger partial charge < -0.3 is 0 Å². The molecule has 0 radical (unpaired) electrons. The zero-order valence-electron chi connectivity index (χ0n) is 10.2. The average molecular weight is 313 g/mol. The van der Waals surface area contributed by atoms with Gasteiger partial charge in [0.2, 0.25) is 10.7 Å². The standard InChI is InChI=1S/C11H6F3N5OS/c12-11(13,14)7(20)4-8-18-19-9(16-17-10(19)21-8)6-2-1-3-15-5-6/h1-3,5H,4H2. The van der Waals surface area contributed by atoms with Crippen LogP contribution in [0.25, 0.3) is 16.3 Å². The first-order valence-corrected chi connectivity index (χ1v) is 6.48. The third-order valence-corrected chi connectivity index (χ3v) is 3.48. The fourth-order valence-corrected chi connectivity index (χ4v) is 2.47. The molecule has 21 heavy (non-hydrogen) atoms. The molecule has 3 aromatic heterocycles. The largest absolute Gasteiger partial charge is 0.450 e. The van der Waals surface area contributed by atoms with Crippen molar-refractivity contribution >= 4 is 22.1 Å². The first kappa shape index (κ1) is 13.6. The van der Waals surface area contributed by atoms with Crippen molar-refractivity contribution in [2.75, 3.05) is 0 Å². The number of ketones is 1. The molecule has 3 heterocycles. The first-order valence-electron chi connectivity index (χ1n) is 5.66. The molecule has 0 aliphatic carbocycles. The van der Waals surface area contributed by atoms with Gasteiger partial charge in [0.05, 0.1) is 6.42 Å². The minimum atomic E-state index is -4.86. The van der Waals surface area contributed by atoms with Gasteiger partial charge in [0.15, 0.2) is 5.82 Å². The maximum Gasteiger partial charge on any atom is 0.450 e. The average Bonchev–Trinajstić information content (AvgIpc) is 2.98. The molecule has 3 aromatic rings. The molecule has 0 unspecified atom stereocenters. The Labute approximate surface area is 119 Å². The third kappa shape index (κ3) is 2.61. The van der Waals surface area contributed by atoms with Crippen molar-refractivity contribution in [2.45, 2.75) is 12.6 Å². The van der Waals surface area contributed by atoms with E-state index >= 15 is 0 Å². The summed E-state index contributed by atoms with van der Waals surface area (Å²) < 4.78 is 38.0. The van der Waals surface area contributed by atoms with Crippen LogP contribution in [0.15, 0.2) is 24.5 Å². The van der Waals surface area contributed by atoms with Gasteiger partial charge in [0.1, 0.15) is 5.01 Å². The quantitative estimate of drug-likeness (QED) is 0.738. The zero-order chi connectivity index (χ0) is 15.0. The summed E-state index contributed by atoms with van der Waals surface area (Å²) in [5.41, 5.74) is 0.629. The molecule has 10 heteroatoms. The minimum absolute atomic E-state index is 0.0346. The maximum atomic E-state index is 12.2. The Morgan fingerprint density at radius 1 is 1.33 bits per heavy atom. The van der Waals surface area contributed by atoms with E-state index in [1.54, 1.807) is 18.3 Å².